The Morgan fingerprint density at radius 1 is 1.37 bits per heavy atom. The predicted molar refractivity (Wildman–Crippen MR) is 114 cm³/mol. The second-order valence-electron chi connectivity index (χ2n) is 8.37. The molecule has 6 atom stereocenters. The van der Waals surface area contributed by atoms with Gasteiger partial charge in [0.1, 0.15) is 18.5 Å². The average Bonchev–Trinajstić information content (AvgIpc) is 2.86. The zero-order chi connectivity index (χ0) is 21.5. The van der Waals surface area contributed by atoms with Gasteiger partial charge < -0.3 is 24.8 Å². The Morgan fingerprint density at radius 3 is 2.97 bits per heavy atom. The molecule has 1 aliphatic carbocycles. The summed E-state index contributed by atoms with van der Waals surface area (Å²) in [5.74, 6) is 0.360. The highest BCUT2D eigenvalue weighted by molar-refractivity contribution is 6.30. The van der Waals surface area contributed by atoms with Crippen LogP contribution < -0.4 is 4.74 Å². The summed E-state index contributed by atoms with van der Waals surface area (Å²) in [5.41, 5.74) is 0. The summed E-state index contributed by atoms with van der Waals surface area (Å²) < 4.78 is 11.7. The van der Waals surface area contributed by atoms with Gasteiger partial charge in [-0.15, -0.1) is 0 Å². The quantitative estimate of drug-likeness (QED) is 0.509. The number of aliphatic hydroxyl groups is 2. The van der Waals surface area contributed by atoms with Crippen molar-refractivity contribution in [1.29, 1.82) is 0 Å². The third-order valence-corrected chi connectivity index (χ3v) is 6.35. The maximum Gasteiger partial charge on any atom is 0.303 e. The van der Waals surface area contributed by atoms with Crippen LogP contribution in [-0.4, -0.2) is 52.8 Å². The SMILES string of the molecule is O=C(O)CCC[C@H]1CC[C@@H]2[C@@H](C=C[C@@H](O)COc3cccc(Cl)c3)[C@H](O)C[C@@H]2OC1. The largest absolute Gasteiger partial charge is 0.491 e. The van der Waals surface area contributed by atoms with Crippen LogP contribution in [0.2, 0.25) is 5.02 Å². The van der Waals surface area contributed by atoms with Gasteiger partial charge in [0.2, 0.25) is 0 Å². The molecular weight excluding hydrogens is 408 g/mol. The highest BCUT2D eigenvalue weighted by Crippen LogP contribution is 2.42. The van der Waals surface area contributed by atoms with E-state index in [2.05, 4.69) is 0 Å². The number of ether oxygens (including phenoxy) is 2. The van der Waals surface area contributed by atoms with E-state index < -0.39 is 18.2 Å². The Hall–Kier alpha value is -1.60. The number of benzene rings is 1. The van der Waals surface area contributed by atoms with Crippen molar-refractivity contribution in [2.24, 2.45) is 17.8 Å². The highest BCUT2D eigenvalue weighted by Gasteiger charge is 2.43. The minimum Gasteiger partial charge on any atom is -0.491 e. The second-order valence-corrected chi connectivity index (χ2v) is 8.80. The van der Waals surface area contributed by atoms with Crippen molar-refractivity contribution in [3.8, 4) is 5.75 Å². The summed E-state index contributed by atoms with van der Waals surface area (Å²) in [5, 5.41) is 30.2. The van der Waals surface area contributed by atoms with Gasteiger partial charge in [-0.2, -0.15) is 0 Å². The van der Waals surface area contributed by atoms with Crippen molar-refractivity contribution >= 4 is 17.6 Å². The maximum atomic E-state index is 10.7. The van der Waals surface area contributed by atoms with Gasteiger partial charge in [-0.3, -0.25) is 4.79 Å². The molecule has 0 aromatic heterocycles. The van der Waals surface area contributed by atoms with Crippen LogP contribution in [0.25, 0.3) is 0 Å². The van der Waals surface area contributed by atoms with Crippen LogP contribution in [0.15, 0.2) is 36.4 Å². The number of aliphatic hydroxyl groups excluding tert-OH is 2. The second kappa shape index (κ2) is 11.1. The number of halogens is 1. The van der Waals surface area contributed by atoms with E-state index in [4.69, 9.17) is 26.2 Å². The van der Waals surface area contributed by atoms with Crippen LogP contribution in [0.5, 0.6) is 5.75 Å². The minimum atomic E-state index is -0.786. The Balaban J connectivity index is 1.49. The number of hydrogen-bond acceptors (Lipinski definition) is 5. The number of aliphatic carboxylic acids is 1. The lowest BCUT2D eigenvalue weighted by Crippen LogP contribution is -2.22. The van der Waals surface area contributed by atoms with Crippen molar-refractivity contribution in [3.05, 3.63) is 41.4 Å². The number of fused-ring (bicyclic) bond motifs is 1. The van der Waals surface area contributed by atoms with Gasteiger partial charge in [-0.05, 0) is 55.7 Å². The number of rotatable bonds is 9. The fourth-order valence-electron chi connectivity index (χ4n) is 4.54. The number of hydrogen-bond donors (Lipinski definition) is 3. The number of carboxylic acid groups (broad SMARTS) is 1. The molecule has 3 rings (SSSR count). The lowest BCUT2D eigenvalue weighted by molar-refractivity contribution is -0.137. The normalized spacial score (nSPS) is 30.0. The number of carboxylic acids is 1. The predicted octanol–water partition coefficient (Wildman–Crippen LogP) is 3.68. The maximum absolute atomic E-state index is 10.7. The van der Waals surface area contributed by atoms with Crippen LogP contribution >= 0.6 is 11.6 Å². The molecule has 2 aliphatic rings. The van der Waals surface area contributed by atoms with E-state index in [-0.39, 0.29) is 31.0 Å². The summed E-state index contributed by atoms with van der Waals surface area (Å²) in [6, 6.07) is 7.02. The molecule has 1 aliphatic heterocycles. The molecule has 1 saturated carbocycles. The molecule has 1 aromatic carbocycles. The molecule has 0 unspecified atom stereocenters. The Bertz CT molecular complexity index is 723. The first-order chi connectivity index (χ1) is 14.4. The summed E-state index contributed by atoms with van der Waals surface area (Å²) in [7, 11) is 0. The zero-order valence-corrected chi connectivity index (χ0v) is 17.8. The fraction of sp³-hybridized carbons (Fsp3) is 0.609. The zero-order valence-electron chi connectivity index (χ0n) is 17.0. The van der Waals surface area contributed by atoms with Crippen molar-refractivity contribution in [2.75, 3.05) is 13.2 Å². The van der Waals surface area contributed by atoms with Gasteiger partial charge in [0.25, 0.3) is 0 Å². The molecule has 0 bridgehead atoms. The smallest absolute Gasteiger partial charge is 0.303 e. The Morgan fingerprint density at radius 2 is 2.20 bits per heavy atom. The van der Waals surface area contributed by atoms with E-state index in [9.17, 15) is 15.0 Å². The standard InChI is InChI=1S/C23H31ClO6/c24-16-4-2-5-18(11-16)29-14-17(25)8-10-19-20-9-7-15(3-1-6-23(27)28)13-30-22(20)12-21(19)26/h2,4-5,8,10-11,15,17,19-22,25-26H,1,3,6-7,9,12-14H2,(H,27,28)/t15-,17+,19+,20+,21+,22-/m0/s1. The monoisotopic (exact) mass is 438 g/mol. The van der Waals surface area contributed by atoms with Crippen molar-refractivity contribution in [2.45, 2.75) is 56.8 Å². The fourth-order valence-corrected chi connectivity index (χ4v) is 4.72. The van der Waals surface area contributed by atoms with Gasteiger partial charge in [-0.25, -0.2) is 0 Å². The van der Waals surface area contributed by atoms with Crippen LogP contribution in [0, 0.1) is 17.8 Å². The third kappa shape index (κ3) is 6.71. The molecular formula is C23H31ClO6. The molecule has 2 fully saturated rings. The van der Waals surface area contributed by atoms with Crippen LogP contribution in [-0.2, 0) is 9.53 Å². The molecule has 166 valence electrons. The highest BCUT2D eigenvalue weighted by atomic mass is 35.5. The van der Waals surface area contributed by atoms with Gasteiger partial charge in [0.15, 0.2) is 0 Å². The van der Waals surface area contributed by atoms with Gasteiger partial charge in [0.05, 0.1) is 12.2 Å². The van der Waals surface area contributed by atoms with Gasteiger partial charge in [0, 0.05) is 30.4 Å². The molecule has 1 saturated heterocycles. The average molecular weight is 439 g/mol. The molecule has 0 amide bonds. The third-order valence-electron chi connectivity index (χ3n) is 6.12. The summed E-state index contributed by atoms with van der Waals surface area (Å²) in [6.07, 6.45) is 6.55. The molecule has 1 aromatic rings. The topological polar surface area (TPSA) is 96.2 Å². The van der Waals surface area contributed by atoms with E-state index in [0.29, 0.717) is 36.1 Å². The van der Waals surface area contributed by atoms with E-state index in [0.717, 1.165) is 19.3 Å². The molecule has 30 heavy (non-hydrogen) atoms. The Labute approximate surface area is 182 Å². The molecule has 7 heteroatoms. The van der Waals surface area contributed by atoms with Crippen LogP contribution in [0.3, 0.4) is 0 Å². The van der Waals surface area contributed by atoms with Crippen LogP contribution in [0.1, 0.15) is 38.5 Å². The molecule has 6 nitrogen and oxygen atoms in total. The first-order valence-electron chi connectivity index (χ1n) is 10.7. The molecule has 3 N–H and O–H groups in total. The minimum absolute atomic E-state index is 0.0129. The van der Waals surface area contributed by atoms with E-state index >= 15 is 0 Å². The van der Waals surface area contributed by atoms with Gasteiger partial charge >= 0.3 is 5.97 Å². The summed E-state index contributed by atoms with van der Waals surface area (Å²) >= 11 is 5.93. The summed E-state index contributed by atoms with van der Waals surface area (Å²) in [4.78, 5) is 10.7. The Kier molecular flexibility index (Phi) is 8.57. The van der Waals surface area contributed by atoms with Crippen molar-refractivity contribution < 1.29 is 29.6 Å². The lowest BCUT2D eigenvalue weighted by Gasteiger charge is -2.21. The number of carbonyl (C=O) groups is 1. The molecule has 0 radical (unpaired) electrons. The van der Waals surface area contributed by atoms with Crippen LogP contribution in [0.4, 0.5) is 0 Å². The first-order valence-corrected chi connectivity index (χ1v) is 11.1. The van der Waals surface area contributed by atoms with Crippen molar-refractivity contribution in [3.63, 3.8) is 0 Å². The first kappa shape index (κ1) is 23.1. The van der Waals surface area contributed by atoms with E-state index in [1.165, 1.54) is 0 Å². The van der Waals surface area contributed by atoms with Gasteiger partial charge in [-0.1, -0.05) is 29.8 Å². The van der Waals surface area contributed by atoms with E-state index in [1.54, 1.807) is 30.3 Å². The lowest BCUT2D eigenvalue weighted by atomic mass is 9.86. The van der Waals surface area contributed by atoms with E-state index in [1.807, 2.05) is 6.08 Å². The summed E-state index contributed by atoms with van der Waals surface area (Å²) in [6.45, 7) is 0.732. The van der Waals surface area contributed by atoms with Crippen molar-refractivity contribution in [1.82, 2.24) is 0 Å². The molecule has 0 spiro atoms. The molecule has 1 heterocycles.